The molecule has 0 fully saturated rings. The van der Waals surface area contributed by atoms with Crippen LogP contribution in [-0.2, 0) is 0 Å². The molecule has 0 N–H and O–H groups in total. The van der Waals surface area contributed by atoms with E-state index in [0.29, 0.717) is 21.9 Å². The van der Waals surface area contributed by atoms with Crippen molar-refractivity contribution in [1.29, 1.82) is 0 Å². The molecule has 0 aliphatic rings. The monoisotopic (exact) mass is 278 g/mol. The molecule has 0 unspecified atom stereocenters. The molecule has 0 amide bonds. The summed E-state index contributed by atoms with van der Waals surface area (Å²) in [6.07, 6.45) is 0. The Morgan fingerprint density at radius 3 is 1.69 bits per heavy atom. The fraction of sp³-hybridized carbons (Fsp3) is 0. The van der Waals surface area contributed by atoms with E-state index in [1.54, 1.807) is 12.1 Å². The molecule has 1 aromatic heterocycles. The molecule has 0 atom stereocenters. The Kier molecular flexibility index (Phi) is 2.82. The molecule has 2 aromatic carbocycles. The van der Waals surface area contributed by atoms with Crippen LogP contribution in [0.4, 0.5) is 0 Å². The molecule has 16 heavy (non-hydrogen) atoms. The van der Waals surface area contributed by atoms with Crippen molar-refractivity contribution in [2.75, 3.05) is 0 Å². The second-order valence-electron chi connectivity index (χ2n) is 3.42. The van der Waals surface area contributed by atoms with Crippen LogP contribution in [0.25, 0.3) is 21.9 Å². The molecule has 3 aromatic rings. The normalized spacial score (nSPS) is 10.2. The van der Waals surface area contributed by atoms with Crippen LogP contribution < -0.4 is 5.43 Å². The Morgan fingerprint density at radius 1 is 0.750 bits per heavy atom. The Labute approximate surface area is 102 Å². The summed E-state index contributed by atoms with van der Waals surface area (Å²) < 4.78 is 5.63. The first-order chi connectivity index (χ1) is 7.36. The molecule has 0 aliphatic carbocycles. The van der Waals surface area contributed by atoms with Crippen LogP contribution in [0.2, 0.25) is 0 Å². The molecule has 0 bridgehead atoms. The third kappa shape index (κ3) is 1.54. The summed E-state index contributed by atoms with van der Waals surface area (Å²) in [6, 6.07) is 14.6. The minimum absolute atomic E-state index is 0. The number of benzene rings is 2. The number of hydrogen-bond donors (Lipinski definition) is 0. The van der Waals surface area contributed by atoms with Gasteiger partial charge in [-0.2, -0.15) is 0 Å². The molecule has 3 heteroatoms. The van der Waals surface area contributed by atoms with E-state index in [9.17, 15) is 4.79 Å². The first kappa shape index (κ1) is 10.9. The van der Waals surface area contributed by atoms with Gasteiger partial charge in [0.2, 0.25) is 5.43 Å². The van der Waals surface area contributed by atoms with Crippen molar-refractivity contribution < 1.29 is 4.42 Å². The Morgan fingerprint density at radius 2 is 1.19 bits per heavy atom. The second-order valence-corrected chi connectivity index (χ2v) is 3.42. The average Bonchev–Trinajstić information content (AvgIpc) is 2.30. The Bertz CT molecular complexity index is 644. The van der Waals surface area contributed by atoms with Gasteiger partial charge in [0.15, 0.2) is 0 Å². The van der Waals surface area contributed by atoms with Gasteiger partial charge in [-0.1, -0.05) is 24.3 Å². The number of hydrogen-bond acceptors (Lipinski definition) is 2. The zero-order chi connectivity index (χ0) is 10.3. The Balaban J connectivity index is 0.000000963. The van der Waals surface area contributed by atoms with Crippen LogP contribution in [0.3, 0.4) is 0 Å². The van der Waals surface area contributed by atoms with Gasteiger partial charge in [0, 0.05) is 0 Å². The van der Waals surface area contributed by atoms with Gasteiger partial charge in [-0.15, -0.1) is 0 Å². The molecular formula is C13H10O2Se. The maximum atomic E-state index is 12.0. The van der Waals surface area contributed by atoms with E-state index in [2.05, 4.69) is 0 Å². The molecule has 80 valence electrons. The fourth-order valence-electron chi connectivity index (χ4n) is 1.75. The summed E-state index contributed by atoms with van der Waals surface area (Å²) >= 11 is 0. The number of para-hydroxylation sites is 2. The van der Waals surface area contributed by atoms with Crippen LogP contribution in [-0.4, -0.2) is 17.1 Å². The Hall–Kier alpha value is -1.57. The first-order valence-corrected chi connectivity index (χ1v) is 4.77. The van der Waals surface area contributed by atoms with Gasteiger partial charge < -0.3 is 4.42 Å². The zero-order valence-electron chi connectivity index (χ0n) is 8.44. The van der Waals surface area contributed by atoms with Gasteiger partial charge in [0.1, 0.15) is 11.2 Å². The van der Waals surface area contributed by atoms with E-state index in [0.717, 1.165) is 0 Å². The molecule has 2 nitrogen and oxygen atoms in total. The van der Waals surface area contributed by atoms with Gasteiger partial charge >= 0.3 is 17.1 Å². The summed E-state index contributed by atoms with van der Waals surface area (Å²) in [5.74, 6) is 0. The average molecular weight is 277 g/mol. The van der Waals surface area contributed by atoms with Gasteiger partial charge in [0.05, 0.1) is 10.8 Å². The van der Waals surface area contributed by atoms with Crippen molar-refractivity contribution in [3.8, 4) is 0 Å². The number of rotatable bonds is 0. The minimum atomic E-state index is 0. The summed E-state index contributed by atoms with van der Waals surface area (Å²) in [4.78, 5) is 12.0. The van der Waals surface area contributed by atoms with Crippen LogP contribution in [0.15, 0.2) is 57.7 Å². The summed E-state index contributed by atoms with van der Waals surface area (Å²) in [5, 5.41) is 1.27. The third-order valence-corrected chi connectivity index (χ3v) is 2.48. The molecule has 0 saturated carbocycles. The predicted molar refractivity (Wildman–Crippen MR) is 68.5 cm³/mol. The summed E-state index contributed by atoms with van der Waals surface area (Å²) in [5.41, 5.74) is 1.31. The molecule has 0 spiro atoms. The third-order valence-electron chi connectivity index (χ3n) is 2.48. The fourth-order valence-corrected chi connectivity index (χ4v) is 1.75. The van der Waals surface area contributed by atoms with E-state index in [1.165, 1.54) is 0 Å². The van der Waals surface area contributed by atoms with Crippen LogP contribution in [0.5, 0.6) is 0 Å². The van der Waals surface area contributed by atoms with Gasteiger partial charge in [0.25, 0.3) is 0 Å². The molecule has 1 heterocycles. The van der Waals surface area contributed by atoms with E-state index in [-0.39, 0.29) is 22.5 Å². The van der Waals surface area contributed by atoms with Crippen LogP contribution >= 0.6 is 0 Å². The molecule has 0 saturated heterocycles. The predicted octanol–water partition coefficient (Wildman–Crippen LogP) is 2.03. The molecule has 3 rings (SSSR count). The molecule has 0 aliphatic heterocycles. The van der Waals surface area contributed by atoms with Crippen LogP contribution in [0, 0.1) is 0 Å². The van der Waals surface area contributed by atoms with Gasteiger partial charge in [-0.3, -0.25) is 4.79 Å². The first-order valence-electron chi connectivity index (χ1n) is 4.77. The standard InChI is InChI=1S/C13H8O2.H2Se/c14-13-9-5-1-3-7-11(9)15-12-8-4-2-6-10(12)13;/h1-8H;1H2. The second kappa shape index (κ2) is 4.12. The van der Waals surface area contributed by atoms with E-state index in [1.807, 2.05) is 36.4 Å². The van der Waals surface area contributed by atoms with Gasteiger partial charge in [-0.05, 0) is 24.3 Å². The van der Waals surface area contributed by atoms with Crippen molar-refractivity contribution >= 4 is 39.0 Å². The zero-order valence-corrected chi connectivity index (χ0v) is 10.5. The van der Waals surface area contributed by atoms with Crippen molar-refractivity contribution in [1.82, 2.24) is 0 Å². The van der Waals surface area contributed by atoms with Gasteiger partial charge in [-0.25, -0.2) is 0 Å². The van der Waals surface area contributed by atoms with Crippen LogP contribution in [0.1, 0.15) is 0 Å². The number of fused-ring (bicyclic) bond motifs is 2. The summed E-state index contributed by atoms with van der Waals surface area (Å²) in [7, 11) is 0. The van der Waals surface area contributed by atoms with Crippen molar-refractivity contribution in [3.63, 3.8) is 0 Å². The summed E-state index contributed by atoms with van der Waals surface area (Å²) in [6.45, 7) is 0. The van der Waals surface area contributed by atoms with E-state index in [4.69, 9.17) is 4.42 Å². The molecule has 0 radical (unpaired) electrons. The van der Waals surface area contributed by atoms with Crippen molar-refractivity contribution in [3.05, 3.63) is 58.8 Å². The topological polar surface area (TPSA) is 30.2 Å². The van der Waals surface area contributed by atoms with Crippen molar-refractivity contribution in [2.24, 2.45) is 0 Å². The van der Waals surface area contributed by atoms with E-state index < -0.39 is 0 Å². The maximum absolute atomic E-state index is 12.0. The quantitative estimate of drug-likeness (QED) is 0.465. The van der Waals surface area contributed by atoms with Crippen molar-refractivity contribution in [2.45, 2.75) is 0 Å². The molecular weight excluding hydrogens is 267 g/mol. The SMILES string of the molecule is O=c1c2ccccc2oc2ccccc12.[SeH2]. The van der Waals surface area contributed by atoms with E-state index >= 15 is 0 Å².